The molecule has 0 spiro atoms. The van der Waals surface area contributed by atoms with Gasteiger partial charge in [0.15, 0.2) is 0 Å². The minimum absolute atomic E-state index is 0.333. The minimum atomic E-state index is -0.333. The van der Waals surface area contributed by atoms with E-state index in [0.29, 0.717) is 33.4 Å². The van der Waals surface area contributed by atoms with Crippen molar-refractivity contribution in [2.75, 3.05) is 5.32 Å². The van der Waals surface area contributed by atoms with Crippen LogP contribution >= 0.6 is 11.6 Å². The van der Waals surface area contributed by atoms with Gasteiger partial charge in [0.25, 0.3) is 5.91 Å². The number of amides is 1. The summed E-state index contributed by atoms with van der Waals surface area (Å²) >= 11 is 6.20. The van der Waals surface area contributed by atoms with Crippen molar-refractivity contribution in [2.45, 2.75) is 13.8 Å². The van der Waals surface area contributed by atoms with Crippen LogP contribution in [-0.2, 0) is 0 Å². The zero-order valence-electron chi connectivity index (χ0n) is 12.6. The van der Waals surface area contributed by atoms with Crippen LogP contribution in [0.5, 0.6) is 0 Å². The predicted octanol–water partition coefficient (Wildman–Crippen LogP) is 4.26. The number of nitrogens with one attached hydrogen (secondary N) is 1. The third-order valence-electron chi connectivity index (χ3n) is 3.46. The lowest BCUT2D eigenvalue weighted by molar-refractivity contribution is 0.102. The van der Waals surface area contributed by atoms with Gasteiger partial charge in [0.1, 0.15) is 22.8 Å². The van der Waals surface area contributed by atoms with E-state index in [1.807, 2.05) is 31.2 Å². The molecule has 0 saturated carbocycles. The summed E-state index contributed by atoms with van der Waals surface area (Å²) in [7, 11) is 0. The normalized spacial score (nSPS) is 10.6. The van der Waals surface area contributed by atoms with Gasteiger partial charge in [0.2, 0.25) is 0 Å². The van der Waals surface area contributed by atoms with Gasteiger partial charge in [0.05, 0.1) is 5.02 Å². The highest BCUT2D eigenvalue weighted by atomic mass is 35.5. The van der Waals surface area contributed by atoms with E-state index in [2.05, 4.69) is 15.5 Å². The van der Waals surface area contributed by atoms with Gasteiger partial charge < -0.3 is 9.84 Å². The van der Waals surface area contributed by atoms with Gasteiger partial charge in [-0.05, 0) is 31.5 Å². The van der Waals surface area contributed by atoms with Crippen LogP contribution in [-0.4, -0.2) is 16.0 Å². The first kappa shape index (κ1) is 15.2. The third-order valence-corrected chi connectivity index (χ3v) is 3.79. The Morgan fingerprint density at radius 1 is 1.17 bits per heavy atom. The van der Waals surface area contributed by atoms with Gasteiger partial charge in [0, 0.05) is 11.8 Å². The van der Waals surface area contributed by atoms with Crippen molar-refractivity contribution in [3.05, 3.63) is 64.5 Å². The molecule has 23 heavy (non-hydrogen) atoms. The zero-order valence-corrected chi connectivity index (χ0v) is 13.4. The molecule has 3 aromatic rings. The van der Waals surface area contributed by atoms with Crippen molar-refractivity contribution in [3.8, 4) is 11.3 Å². The van der Waals surface area contributed by atoms with Gasteiger partial charge in [-0.1, -0.05) is 41.0 Å². The molecule has 0 aliphatic rings. The number of rotatable bonds is 3. The van der Waals surface area contributed by atoms with Crippen molar-refractivity contribution in [3.63, 3.8) is 0 Å². The van der Waals surface area contributed by atoms with E-state index in [1.165, 1.54) is 0 Å². The van der Waals surface area contributed by atoms with Crippen LogP contribution in [0.4, 0.5) is 5.82 Å². The van der Waals surface area contributed by atoms with Crippen molar-refractivity contribution in [1.29, 1.82) is 0 Å². The zero-order chi connectivity index (χ0) is 16.4. The van der Waals surface area contributed by atoms with Crippen LogP contribution < -0.4 is 5.32 Å². The van der Waals surface area contributed by atoms with Gasteiger partial charge in [-0.25, -0.2) is 4.98 Å². The smallest absolute Gasteiger partial charge is 0.262 e. The maximum absolute atomic E-state index is 12.7. The van der Waals surface area contributed by atoms with Crippen LogP contribution in [0.2, 0.25) is 5.02 Å². The summed E-state index contributed by atoms with van der Waals surface area (Å²) < 4.78 is 5.20. The SMILES string of the molecule is Cc1cccnc1NC(=O)c1c(-c2ccccc2Cl)noc1C. The molecule has 2 aromatic heterocycles. The number of anilines is 1. The average molecular weight is 328 g/mol. The fourth-order valence-corrected chi connectivity index (χ4v) is 2.49. The molecular formula is C17H14ClN3O2. The number of aromatic nitrogens is 2. The molecule has 116 valence electrons. The summed E-state index contributed by atoms with van der Waals surface area (Å²) in [4.78, 5) is 16.8. The highest BCUT2D eigenvalue weighted by molar-refractivity contribution is 6.33. The predicted molar refractivity (Wildman–Crippen MR) is 88.6 cm³/mol. The lowest BCUT2D eigenvalue weighted by Crippen LogP contribution is -2.15. The third kappa shape index (κ3) is 2.96. The average Bonchev–Trinajstić information content (AvgIpc) is 2.91. The number of pyridine rings is 1. The van der Waals surface area contributed by atoms with Gasteiger partial charge in [-0.2, -0.15) is 0 Å². The molecule has 1 amide bonds. The molecule has 2 heterocycles. The van der Waals surface area contributed by atoms with E-state index in [0.717, 1.165) is 5.56 Å². The summed E-state index contributed by atoms with van der Waals surface area (Å²) in [5.74, 6) is 0.592. The molecule has 0 bridgehead atoms. The molecule has 6 heteroatoms. The molecule has 1 aromatic carbocycles. The number of hydrogen-bond donors (Lipinski definition) is 1. The number of nitrogens with zero attached hydrogens (tertiary/aromatic N) is 2. The van der Waals surface area contributed by atoms with E-state index in [9.17, 15) is 4.79 Å². The lowest BCUT2D eigenvalue weighted by Gasteiger charge is -2.07. The Bertz CT molecular complexity index is 874. The molecular weight excluding hydrogens is 314 g/mol. The van der Waals surface area contributed by atoms with Crippen molar-refractivity contribution >= 4 is 23.3 Å². The van der Waals surface area contributed by atoms with Crippen LogP contribution in [0.1, 0.15) is 21.7 Å². The highest BCUT2D eigenvalue weighted by Gasteiger charge is 2.23. The molecule has 0 aliphatic carbocycles. The summed E-state index contributed by atoms with van der Waals surface area (Å²) in [6.07, 6.45) is 1.62. The van der Waals surface area contributed by atoms with Crippen LogP contribution in [0.3, 0.4) is 0 Å². The Labute approximate surface area is 138 Å². The molecule has 5 nitrogen and oxygen atoms in total. The number of carbonyl (C=O) groups excluding carboxylic acids is 1. The topological polar surface area (TPSA) is 68.0 Å². The Morgan fingerprint density at radius 2 is 1.96 bits per heavy atom. The highest BCUT2D eigenvalue weighted by Crippen LogP contribution is 2.31. The fraction of sp³-hybridized carbons (Fsp3) is 0.118. The molecule has 0 fully saturated rings. The van der Waals surface area contributed by atoms with Crippen molar-refractivity contribution < 1.29 is 9.32 Å². The first-order valence-electron chi connectivity index (χ1n) is 7.02. The van der Waals surface area contributed by atoms with Crippen molar-refractivity contribution in [2.24, 2.45) is 0 Å². The summed E-state index contributed by atoms with van der Waals surface area (Å²) in [6, 6.07) is 10.9. The Balaban J connectivity index is 2.01. The van der Waals surface area contributed by atoms with E-state index < -0.39 is 0 Å². The number of hydrogen-bond acceptors (Lipinski definition) is 4. The number of carbonyl (C=O) groups is 1. The molecule has 3 rings (SSSR count). The molecule has 0 unspecified atom stereocenters. The first-order chi connectivity index (χ1) is 11.1. The largest absolute Gasteiger partial charge is 0.360 e. The lowest BCUT2D eigenvalue weighted by atomic mass is 10.1. The second-order valence-corrected chi connectivity index (χ2v) is 5.47. The van der Waals surface area contributed by atoms with Crippen molar-refractivity contribution in [1.82, 2.24) is 10.1 Å². The number of benzene rings is 1. The molecule has 0 saturated heterocycles. The summed E-state index contributed by atoms with van der Waals surface area (Å²) in [5.41, 5.74) is 2.28. The number of aryl methyl sites for hydroxylation is 2. The maximum Gasteiger partial charge on any atom is 0.262 e. The molecule has 1 N–H and O–H groups in total. The van der Waals surface area contributed by atoms with Gasteiger partial charge in [-0.15, -0.1) is 0 Å². The fourth-order valence-electron chi connectivity index (χ4n) is 2.26. The first-order valence-corrected chi connectivity index (χ1v) is 7.40. The Morgan fingerprint density at radius 3 is 2.70 bits per heavy atom. The Kier molecular flexibility index (Phi) is 4.12. The molecule has 0 aliphatic heterocycles. The molecule has 0 atom stereocenters. The minimum Gasteiger partial charge on any atom is -0.360 e. The van der Waals surface area contributed by atoms with Crippen LogP contribution in [0.25, 0.3) is 11.3 Å². The van der Waals surface area contributed by atoms with E-state index in [4.69, 9.17) is 16.1 Å². The number of halogens is 1. The Hall–Kier alpha value is -2.66. The van der Waals surface area contributed by atoms with Crippen LogP contribution in [0, 0.1) is 13.8 Å². The van der Waals surface area contributed by atoms with E-state index in [1.54, 1.807) is 25.3 Å². The van der Waals surface area contributed by atoms with Crippen LogP contribution in [0.15, 0.2) is 47.1 Å². The second kappa shape index (κ2) is 6.22. The monoisotopic (exact) mass is 327 g/mol. The van der Waals surface area contributed by atoms with E-state index in [-0.39, 0.29) is 5.91 Å². The maximum atomic E-state index is 12.7. The summed E-state index contributed by atoms with van der Waals surface area (Å²) in [6.45, 7) is 3.56. The quantitative estimate of drug-likeness (QED) is 0.780. The van der Waals surface area contributed by atoms with Gasteiger partial charge in [-0.3, -0.25) is 4.79 Å². The van der Waals surface area contributed by atoms with Gasteiger partial charge >= 0.3 is 0 Å². The standard InChI is InChI=1S/C17H14ClN3O2/c1-10-6-5-9-19-16(10)20-17(22)14-11(2)23-21-15(14)12-7-3-4-8-13(12)18/h3-9H,1-2H3,(H,19,20,22). The summed E-state index contributed by atoms with van der Waals surface area (Å²) in [5, 5.41) is 7.28. The van der Waals surface area contributed by atoms with E-state index >= 15 is 0 Å². The molecule has 0 radical (unpaired) electrons. The second-order valence-electron chi connectivity index (χ2n) is 5.07.